The van der Waals surface area contributed by atoms with Crippen molar-refractivity contribution >= 4 is 40.5 Å². The monoisotopic (exact) mass is 318 g/mol. The third-order valence-corrected chi connectivity index (χ3v) is 3.39. The second-order valence-corrected chi connectivity index (χ2v) is 5.46. The number of hydrogen-bond donors (Lipinski definition) is 2. The second kappa shape index (κ2) is 7.20. The van der Waals surface area contributed by atoms with Crippen molar-refractivity contribution in [2.45, 2.75) is 13.3 Å². The van der Waals surface area contributed by atoms with E-state index in [4.69, 9.17) is 23.8 Å². The van der Waals surface area contributed by atoms with Crippen LogP contribution in [-0.4, -0.2) is 11.0 Å². The minimum absolute atomic E-state index is 0.149. The maximum Gasteiger partial charge on any atom is 0.230 e. The van der Waals surface area contributed by atoms with E-state index in [1.807, 2.05) is 43.3 Å². The van der Waals surface area contributed by atoms with Gasteiger partial charge in [0.2, 0.25) is 5.91 Å². The van der Waals surface area contributed by atoms with Gasteiger partial charge in [0.05, 0.1) is 6.42 Å². The topological polar surface area (TPSA) is 41.1 Å². The molecule has 2 aromatic carbocycles. The Labute approximate surface area is 134 Å². The standard InChI is InChI=1S/C16H15ClN2OS/c1-11-5-2-3-6-12(11)9-15(20)19-16(21)18-14-8-4-7-13(17)10-14/h2-8,10H,9H2,1H3,(H2,18,19,20,21). The first-order valence-corrected chi connectivity index (χ1v) is 7.24. The molecule has 0 bridgehead atoms. The number of amides is 1. The van der Waals surface area contributed by atoms with Gasteiger partial charge in [-0.05, 0) is 48.5 Å². The maximum absolute atomic E-state index is 12.0. The van der Waals surface area contributed by atoms with Crippen LogP contribution in [0.3, 0.4) is 0 Å². The zero-order valence-electron chi connectivity index (χ0n) is 11.5. The first-order valence-electron chi connectivity index (χ1n) is 6.45. The molecule has 0 aliphatic carbocycles. The van der Waals surface area contributed by atoms with E-state index in [1.165, 1.54) is 0 Å². The molecule has 0 unspecified atom stereocenters. The molecule has 0 fully saturated rings. The van der Waals surface area contributed by atoms with Gasteiger partial charge in [0.15, 0.2) is 5.11 Å². The molecular weight excluding hydrogens is 304 g/mol. The Hall–Kier alpha value is -1.91. The average Bonchev–Trinajstić information content (AvgIpc) is 2.41. The number of nitrogens with one attached hydrogen (secondary N) is 2. The zero-order valence-corrected chi connectivity index (χ0v) is 13.1. The number of halogens is 1. The molecule has 3 nitrogen and oxygen atoms in total. The number of rotatable bonds is 3. The summed E-state index contributed by atoms with van der Waals surface area (Å²) in [4.78, 5) is 12.0. The highest BCUT2D eigenvalue weighted by Crippen LogP contribution is 2.14. The van der Waals surface area contributed by atoms with Gasteiger partial charge in [-0.2, -0.15) is 0 Å². The molecule has 0 atom stereocenters. The minimum atomic E-state index is -0.149. The molecule has 0 radical (unpaired) electrons. The predicted octanol–water partition coefficient (Wildman–Crippen LogP) is 3.70. The summed E-state index contributed by atoms with van der Waals surface area (Å²) in [6, 6.07) is 14.9. The highest BCUT2D eigenvalue weighted by molar-refractivity contribution is 7.80. The lowest BCUT2D eigenvalue weighted by atomic mass is 10.1. The number of benzene rings is 2. The van der Waals surface area contributed by atoms with E-state index in [0.717, 1.165) is 16.8 Å². The summed E-state index contributed by atoms with van der Waals surface area (Å²) in [5, 5.41) is 6.46. The third-order valence-electron chi connectivity index (χ3n) is 2.95. The van der Waals surface area contributed by atoms with Crippen LogP contribution >= 0.6 is 23.8 Å². The van der Waals surface area contributed by atoms with Crippen LogP contribution in [0.2, 0.25) is 5.02 Å². The fourth-order valence-electron chi connectivity index (χ4n) is 1.88. The minimum Gasteiger partial charge on any atom is -0.332 e. The Balaban J connectivity index is 1.91. The number of thiocarbonyl (C=S) groups is 1. The molecule has 0 aliphatic heterocycles. The molecule has 0 aliphatic rings. The van der Waals surface area contributed by atoms with Crippen LogP contribution in [0.4, 0.5) is 5.69 Å². The maximum atomic E-state index is 12.0. The van der Waals surface area contributed by atoms with Crippen molar-refractivity contribution in [2.75, 3.05) is 5.32 Å². The van der Waals surface area contributed by atoms with E-state index in [-0.39, 0.29) is 11.0 Å². The highest BCUT2D eigenvalue weighted by Gasteiger charge is 2.07. The lowest BCUT2D eigenvalue weighted by molar-refractivity contribution is -0.119. The van der Waals surface area contributed by atoms with E-state index >= 15 is 0 Å². The SMILES string of the molecule is Cc1ccccc1CC(=O)NC(=S)Nc1cccc(Cl)c1. The predicted molar refractivity (Wildman–Crippen MR) is 90.7 cm³/mol. The summed E-state index contributed by atoms with van der Waals surface area (Å²) < 4.78 is 0. The summed E-state index contributed by atoms with van der Waals surface area (Å²) in [6.45, 7) is 1.98. The molecule has 21 heavy (non-hydrogen) atoms. The van der Waals surface area contributed by atoms with Gasteiger partial charge < -0.3 is 10.6 Å². The highest BCUT2D eigenvalue weighted by atomic mass is 35.5. The van der Waals surface area contributed by atoms with Gasteiger partial charge >= 0.3 is 0 Å². The van der Waals surface area contributed by atoms with E-state index in [9.17, 15) is 4.79 Å². The van der Waals surface area contributed by atoms with E-state index in [0.29, 0.717) is 11.4 Å². The quantitative estimate of drug-likeness (QED) is 0.848. The molecule has 0 saturated heterocycles. The van der Waals surface area contributed by atoms with Crippen LogP contribution < -0.4 is 10.6 Å². The van der Waals surface area contributed by atoms with Crippen molar-refractivity contribution in [1.82, 2.24) is 5.32 Å². The van der Waals surface area contributed by atoms with Crippen LogP contribution in [0.25, 0.3) is 0 Å². The van der Waals surface area contributed by atoms with Gasteiger partial charge in [0.1, 0.15) is 0 Å². The van der Waals surface area contributed by atoms with Gasteiger partial charge in [0.25, 0.3) is 0 Å². The Morgan fingerprint density at radius 3 is 2.67 bits per heavy atom. The number of carbonyl (C=O) groups is 1. The Bertz CT molecular complexity index is 673. The Kier molecular flexibility index (Phi) is 5.31. The van der Waals surface area contributed by atoms with Crippen LogP contribution in [0.15, 0.2) is 48.5 Å². The normalized spacial score (nSPS) is 10.0. The molecule has 1 amide bonds. The van der Waals surface area contributed by atoms with Crippen LogP contribution in [0.1, 0.15) is 11.1 Å². The summed E-state index contributed by atoms with van der Waals surface area (Å²) in [5.41, 5.74) is 2.81. The number of carbonyl (C=O) groups excluding carboxylic acids is 1. The average molecular weight is 319 g/mol. The van der Waals surface area contributed by atoms with E-state index in [1.54, 1.807) is 12.1 Å². The largest absolute Gasteiger partial charge is 0.332 e. The molecule has 2 rings (SSSR count). The van der Waals surface area contributed by atoms with Crippen molar-refractivity contribution in [3.8, 4) is 0 Å². The molecular formula is C16H15ClN2OS. The van der Waals surface area contributed by atoms with Crippen LogP contribution in [0.5, 0.6) is 0 Å². The van der Waals surface area contributed by atoms with Crippen molar-refractivity contribution in [3.05, 3.63) is 64.7 Å². The lowest BCUT2D eigenvalue weighted by Gasteiger charge is -2.10. The summed E-state index contributed by atoms with van der Waals surface area (Å²) in [6.07, 6.45) is 0.296. The Morgan fingerprint density at radius 2 is 1.95 bits per heavy atom. The van der Waals surface area contributed by atoms with Gasteiger partial charge in [-0.25, -0.2) is 0 Å². The molecule has 0 heterocycles. The molecule has 2 aromatic rings. The van der Waals surface area contributed by atoms with Crippen LogP contribution in [0, 0.1) is 6.92 Å². The van der Waals surface area contributed by atoms with Crippen molar-refractivity contribution in [2.24, 2.45) is 0 Å². The smallest absolute Gasteiger partial charge is 0.230 e. The molecule has 0 spiro atoms. The van der Waals surface area contributed by atoms with E-state index in [2.05, 4.69) is 10.6 Å². The molecule has 2 N–H and O–H groups in total. The number of hydrogen-bond acceptors (Lipinski definition) is 2. The second-order valence-electron chi connectivity index (χ2n) is 4.62. The first-order chi connectivity index (χ1) is 10.0. The van der Waals surface area contributed by atoms with Crippen molar-refractivity contribution < 1.29 is 4.79 Å². The summed E-state index contributed by atoms with van der Waals surface area (Å²) >= 11 is 11.0. The fourth-order valence-corrected chi connectivity index (χ4v) is 2.30. The van der Waals surface area contributed by atoms with Crippen molar-refractivity contribution in [1.29, 1.82) is 0 Å². The lowest BCUT2D eigenvalue weighted by Crippen LogP contribution is -2.35. The van der Waals surface area contributed by atoms with Crippen LogP contribution in [-0.2, 0) is 11.2 Å². The van der Waals surface area contributed by atoms with Gasteiger partial charge in [0, 0.05) is 10.7 Å². The third kappa shape index (κ3) is 4.85. The Morgan fingerprint density at radius 1 is 1.19 bits per heavy atom. The molecule has 0 saturated carbocycles. The molecule has 0 aromatic heterocycles. The van der Waals surface area contributed by atoms with Gasteiger partial charge in [-0.1, -0.05) is 41.9 Å². The van der Waals surface area contributed by atoms with Gasteiger partial charge in [-0.15, -0.1) is 0 Å². The van der Waals surface area contributed by atoms with E-state index < -0.39 is 0 Å². The fraction of sp³-hybridized carbons (Fsp3) is 0.125. The summed E-state index contributed by atoms with van der Waals surface area (Å²) in [7, 11) is 0. The summed E-state index contributed by atoms with van der Waals surface area (Å²) in [5.74, 6) is -0.149. The van der Waals surface area contributed by atoms with Crippen molar-refractivity contribution in [3.63, 3.8) is 0 Å². The molecule has 5 heteroatoms. The zero-order chi connectivity index (χ0) is 15.2. The van der Waals surface area contributed by atoms with Gasteiger partial charge in [-0.3, -0.25) is 4.79 Å². The number of anilines is 1. The first kappa shape index (κ1) is 15.5. The number of aryl methyl sites for hydroxylation is 1. The molecule has 108 valence electrons.